The normalized spacial score (nSPS) is 18.9. The Morgan fingerprint density at radius 3 is 2.07 bits per heavy atom. The Labute approximate surface area is 177 Å². The van der Waals surface area contributed by atoms with Crippen molar-refractivity contribution in [3.63, 3.8) is 0 Å². The zero-order chi connectivity index (χ0) is 21.3. The van der Waals surface area contributed by atoms with Crippen LogP contribution >= 0.6 is 23.2 Å². The molecule has 1 saturated heterocycles. The monoisotopic (exact) mass is 427 g/mol. The average molecular weight is 428 g/mol. The number of carbonyl (C=O) groups excluding carboxylic acids is 1. The molecule has 0 bridgehead atoms. The van der Waals surface area contributed by atoms with Crippen LogP contribution in [-0.4, -0.2) is 36.6 Å². The molecule has 1 aromatic rings. The molecule has 5 nitrogen and oxygen atoms in total. The van der Waals surface area contributed by atoms with E-state index in [0.717, 1.165) is 11.0 Å². The molecule has 0 aromatic heterocycles. The molecule has 28 heavy (non-hydrogen) atoms. The van der Waals surface area contributed by atoms with Crippen molar-refractivity contribution in [3.8, 4) is 0 Å². The van der Waals surface area contributed by atoms with Crippen LogP contribution in [0, 0.1) is 0 Å². The second kappa shape index (κ2) is 8.27. The quantitative estimate of drug-likeness (QED) is 0.641. The third-order valence-corrected chi connectivity index (χ3v) is 5.07. The SMILES string of the molecule is CC(C)(C)OC(=O)NCC(=Cc1cc(Cl)cc(Cl)c1)B1OC(C)(C)C(C)(C)O1. The fraction of sp³-hybridized carbons (Fsp3) is 0.550. The lowest BCUT2D eigenvalue weighted by molar-refractivity contribution is 0.00578. The molecule has 2 rings (SSSR count). The van der Waals surface area contributed by atoms with Crippen molar-refractivity contribution in [1.29, 1.82) is 0 Å². The molecule has 1 aromatic carbocycles. The van der Waals surface area contributed by atoms with Gasteiger partial charge in [0, 0.05) is 16.6 Å². The first kappa shape index (κ1) is 23.1. The third kappa shape index (κ3) is 6.15. The van der Waals surface area contributed by atoms with Crippen molar-refractivity contribution in [2.45, 2.75) is 65.3 Å². The van der Waals surface area contributed by atoms with Gasteiger partial charge in [-0.15, -0.1) is 0 Å². The maximum Gasteiger partial charge on any atom is 0.492 e. The van der Waals surface area contributed by atoms with Gasteiger partial charge in [-0.2, -0.15) is 0 Å². The Balaban J connectivity index is 2.28. The minimum atomic E-state index is -0.627. The van der Waals surface area contributed by atoms with Crippen LogP contribution in [0.3, 0.4) is 0 Å². The molecule has 1 fully saturated rings. The summed E-state index contributed by atoms with van der Waals surface area (Å²) in [6.07, 6.45) is 1.34. The predicted molar refractivity (Wildman–Crippen MR) is 115 cm³/mol. The van der Waals surface area contributed by atoms with E-state index >= 15 is 0 Å². The van der Waals surface area contributed by atoms with E-state index in [1.165, 1.54) is 0 Å². The molecule has 8 heteroatoms. The highest BCUT2D eigenvalue weighted by Gasteiger charge is 2.52. The molecular weight excluding hydrogens is 400 g/mol. The summed E-state index contributed by atoms with van der Waals surface area (Å²) in [5, 5.41) is 3.81. The highest BCUT2D eigenvalue weighted by atomic mass is 35.5. The molecule has 0 spiro atoms. The van der Waals surface area contributed by atoms with Gasteiger partial charge in [0.2, 0.25) is 0 Å². The summed E-state index contributed by atoms with van der Waals surface area (Å²) in [6.45, 7) is 13.5. The molecule has 0 unspecified atom stereocenters. The molecule has 154 valence electrons. The smallest absolute Gasteiger partial charge is 0.444 e. The molecule has 0 radical (unpaired) electrons. The number of alkyl carbamates (subject to hydrolysis) is 1. The van der Waals surface area contributed by atoms with Crippen LogP contribution in [0.5, 0.6) is 0 Å². The molecule has 0 aliphatic carbocycles. The van der Waals surface area contributed by atoms with Gasteiger partial charge in [-0.1, -0.05) is 29.3 Å². The number of amides is 1. The summed E-state index contributed by atoms with van der Waals surface area (Å²) in [7, 11) is -0.627. The second-order valence-electron chi connectivity index (χ2n) is 8.87. The number of nitrogens with one attached hydrogen (secondary N) is 1. The van der Waals surface area contributed by atoms with E-state index < -0.39 is 30.0 Å². The van der Waals surface area contributed by atoms with Gasteiger partial charge in [0.05, 0.1) is 11.2 Å². The summed E-state index contributed by atoms with van der Waals surface area (Å²) in [5.41, 5.74) is -0.0849. The topological polar surface area (TPSA) is 56.8 Å². The first-order valence-electron chi connectivity index (χ1n) is 9.18. The lowest BCUT2D eigenvalue weighted by atomic mass is 9.77. The van der Waals surface area contributed by atoms with Crippen LogP contribution in [-0.2, 0) is 14.0 Å². The van der Waals surface area contributed by atoms with Gasteiger partial charge in [-0.3, -0.25) is 0 Å². The minimum absolute atomic E-state index is 0.190. The third-order valence-electron chi connectivity index (χ3n) is 4.63. The number of carbonyl (C=O) groups is 1. The van der Waals surface area contributed by atoms with Crippen molar-refractivity contribution in [1.82, 2.24) is 5.32 Å². The van der Waals surface area contributed by atoms with Gasteiger partial charge in [-0.05, 0) is 77.7 Å². The first-order chi connectivity index (χ1) is 12.7. The molecule has 0 saturated carbocycles. The van der Waals surface area contributed by atoms with Crippen molar-refractivity contribution < 1.29 is 18.8 Å². The number of ether oxygens (including phenoxy) is 1. The van der Waals surface area contributed by atoms with E-state index in [0.29, 0.717) is 10.0 Å². The van der Waals surface area contributed by atoms with Crippen LogP contribution in [0.1, 0.15) is 54.0 Å². The molecule has 0 atom stereocenters. The van der Waals surface area contributed by atoms with Gasteiger partial charge in [-0.25, -0.2) is 4.79 Å². The zero-order valence-electron chi connectivity index (χ0n) is 17.5. The number of hydrogen-bond acceptors (Lipinski definition) is 4. The Hall–Kier alpha value is -1.21. The summed E-state index contributed by atoms with van der Waals surface area (Å²) in [5.74, 6) is 0. The van der Waals surface area contributed by atoms with Gasteiger partial charge >= 0.3 is 13.2 Å². The second-order valence-corrected chi connectivity index (χ2v) is 9.74. The van der Waals surface area contributed by atoms with Gasteiger partial charge < -0.3 is 19.4 Å². The Morgan fingerprint density at radius 2 is 1.61 bits per heavy atom. The molecular formula is C20H28BCl2NO4. The number of halogens is 2. The summed E-state index contributed by atoms with van der Waals surface area (Å²) in [6, 6.07) is 5.23. The summed E-state index contributed by atoms with van der Waals surface area (Å²) >= 11 is 12.2. The highest BCUT2D eigenvalue weighted by molar-refractivity contribution is 6.56. The summed E-state index contributed by atoms with van der Waals surface area (Å²) in [4.78, 5) is 12.1. The van der Waals surface area contributed by atoms with E-state index in [9.17, 15) is 4.79 Å². The van der Waals surface area contributed by atoms with Crippen LogP contribution in [0.25, 0.3) is 6.08 Å². The van der Waals surface area contributed by atoms with Crippen LogP contribution in [0.15, 0.2) is 23.7 Å². The summed E-state index contributed by atoms with van der Waals surface area (Å²) < 4.78 is 17.6. The van der Waals surface area contributed by atoms with Gasteiger partial charge in [0.25, 0.3) is 0 Å². The van der Waals surface area contributed by atoms with Gasteiger partial charge in [0.1, 0.15) is 5.60 Å². The van der Waals surface area contributed by atoms with Crippen molar-refractivity contribution in [2.75, 3.05) is 6.54 Å². The van der Waals surface area contributed by atoms with Crippen LogP contribution in [0.4, 0.5) is 4.79 Å². The van der Waals surface area contributed by atoms with E-state index in [4.69, 9.17) is 37.2 Å². The lowest BCUT2D eigenvalue weighted by Gasteiger charge is -2.32. The Bertz CT molecular complexity index is 736. The Kier molecular flexibility index (Phi) is 6.81. The number of hydrogen-bond donors (Lipinski definition) is 1. The van der Waals surface area contributed by atoms with Crippen LogP contribution in [0.2, 0.25) is 10.0 Å². The van der Waals surface area contributed by atoms with E-state index in [-0.39, 0.29) is 6.54 Å². The van der Waals surface area contributed by atoms with E-state index in [1.807, 2.05) is 54.5 Å². The Morgan fingerprint density at radius 1 is 1.11 bits per heavy atom. The maximum absolute atomic E-state index is 12.1. The molecule has 1 aliphatic heterocycles. The fourth-order valence-electron chi connectivity index (χ4n) is 2.56. The lowest BCUT2D eigenvalue weighted by Crippen LogP contribution is -2.41. The van der Waals surface area contributed by atoms with E-state index in [2.05, 4.69) is 5.32 Å². The number of benzene rings is 1. The fourth-order valence-corrected chi connectivity index (χ4v) is 3.10. The molecule has 1 heterocycles. The predicted octanol–water partition coefficient (Wildman–Crippen LogP) is 5.53. The van der Waals surface area contributed by atoms with E-state index in [1.54, 1.807) is 18.2 Å². The average Bonchev–Trinajstić information content (AvgIpc) is 2.68. The standard InChI is InChI=1S/C20H28BCl2NO4/c1-18(2,3)26-17(25)24-12-14(8-13-9-15(22)11-16(23)10-13)21-27-19(4,5)20(6,7)28-21/h8-11H,12H2,1-7H3,(H,24,25). The largest absolute Gasteiger partial charge is 0.492 e. The van der Waals surface area contributed by atoms with Crippen molar-refractivity contribution >= 4 is 42.5 Å². The van der Waals surface area contributed by atoms with Crippen molar-refractivity contribution in [2.24, 2.45) is 0 Å². The number of rotatable bonds is 4. The zero-order valence-corrected chi connectivity index (χ0v) is 19.0. The maximum atomic E-state index is 12.1. The molecule has 1 amide bonds. The van der Waals surface area contributed by atoms with Crippen molar-refractivity contribution in [3.05, 3.63) is 39.3 Å². The molecule has 1 aliphatic rings. The minimum Gasteiger partial charge on any atom is -0.444 e. The first-order valence-corrected chi connectivity index (χ1v) is 9.93. The molecule has 1 N–H and O–H groups in total. The van der Waals surface area contributed by atoms with Gasteiger partial charge in [0.15, 0.2) is 0 Å². The highest BCUT2D eigenvalue weighted by Crippen LogP contribution is 2.39. The van der Waals surface area contributed by atoms with Crippen LogP contribution < -0.4 is 5.32 Å².